The number of carbonyl (C=O) groups is 3. The fraction of sp³-hybridized carbons (Fsp3) is 0.464. The molecule has 3 amide bonds. The average Bonchev–Trinajstić information content (AvgIpc) is 3.56. The normalized spacial score (nSPS) is 22.9. The van der Waals surface area contributed by atoms with Gasteiger partial charge in [0.15, 0.2) is 0 Å². The number of hydrogen-bond donors (Lipinski definition) is 1. The first-order valence-corrected chi connectivity index (χ1v) is 12.9. The molecule has 3 aliphatic rings. The Hall–Kier alpha value is -3.30. The van der Waals surface area contributed by atoms with Crippen LogP contribution in [0.15, 0.2) is 48.5 Å². The zero-order chi connectivity index (χ0) is 26.0. The van der Waals surface area contributed by atoms with Crippen molar-refractivity contribution in [2.24, 2.45) is 0 Å². The number of ether oxygens (including phenoxy) is 2. The van der Waals surface area contributed by atoms with Crippen molar-refractivity contribution >= 4 is 17.7 Å². The molecule has 0 saturated carbocycles. The first-order chi connectivity index (χ1) is 17.9. The largest absolute Gasteiger partial charge is 0.376 e. The molecule has 0 aliphatic carbocycles. The van der Waals surface area contributed by atoms with Crippen LogP contribution in [0.3, 0.4) is 0 Å². The average molecular weight is 510 g/mol. The predicted molar refractivity (Wildman–Crippen MR) is 133 cm³/mol. The molecule has 3 aliphatic heterocycles. The van der Waals surface area contributed by atoms with E-state index in [1.807, 2.05) is 19.1 Å². The number of nitrogens with zero attached hydrogens (tertiary/aromatic N) is 2. The van der Waals surface area contributed by atoms with Gasteiger partial charge in [0.25, 0.3) is 11.8 Å². The van der Waals surface area contributed by atoms with Crippen LogP contribution in [0.2, 0.25) is 0 Å². The highest BCUT2D eigenvalue weighted by Crippen LogP contribution is 2.39. The standard InChI is InChI=1S/C28H32FN3O5/c1-19-6-4-7-20(16-19)26(34)32-24(25(33)30-17-21-8-5-15-36-21)18-37-28(32)11-13-31(14-12-28)27(35)22-9-2-3-10-23(22)29/h2-4,6-7,9-10,16,21,24H,5,8,11-15,17-18H2,1H3,(H,30,33)/t21-,24-/m1/s1. The number of benzene rings is 2. The maximum Gasteiger partial charge on any atom is 0.256 e. The van der Waals surface area contributed by atoms with E-state index in [0.29, 0.717) is 31.6 Å². The minimum atomic E-state index is -1.03. The molecular weight excluding hydrogens is 477 g/mol. The highest BCUT2D eigenvalue weighted by Gasteiger charge is 2.54. The third kappa shape index (κ3) is 5.10. The molecule has 1 N–H and O–H groups in total. The molecule has 2 aromatic carbocycles. The van der Waals surface area contributed by atoms with Crippen LogP contribution in [0, 0.1) is 12.7 Å². The number of amides is 3. The minimum Gasteiger partial charge on any atom is -0.376 e. The maximum atomic E-state index is 14.2. The van der Waals surface area contributed by atoms with Gasteiger partial charge in [0.1, 0.15) is 17.6 Å². The summed E-state index contributed by atoms with van der Waals surface area (Å²) in [5.41, 5.74) is 0.403. The predicted octanol–water partition coefficient (Wildman–Crippen LogP) is 2.90. The first-order valence-electron chi connectivity index (χ1n) is 12.9. The van der Waals surface area contributed by atoms with Crippen LogP contribution in [0.25, 0.3) is 0 Å². The van der Waals surface area contributed by atoms with Crippen LogP contribution in [0.5, 0.6) is 0 Å². The van der Waals surface area contributed by atoms with Gasteiger partial charge in [0.05, 0.1) is 18.3 Å². The van der Waals surface area contributed by atoms with E-state index in [-0.39, 0.29) is 43.2 Å². The molecule has 37 heavy (non-hydrogen) atoms. The van der Waals surface area contributed by atoms with E-state index in [9.17, 15) is 18.8 Å². The van der Waals surface area contributed by atoms with Gasteiger partial charge in [-0.15, -0.1) is 0 Å². The van der Waals surface area contributed by atoms with E-state index in [2.05, 4.69) is 5.32 Å². The third-order valence-electron chi connectivity index (χ3n) is 7.51. The summed E-state index contributed by atoms with van der Waals surface area (Å²) in [4.78, 5) is 43.2. The Kier molecular flexibility index (Phi) is 7.26. The molecule has 8 nitrogen and oxygen atoms in total. The Morgan fingerprint density at radius 3 is 2.57 bits per heavy atom. The number of nitrogens with one attached hydrogen (secondary N) is 1. The minimum absolute atomic E-state index is 0.0184. The lowest BCUT2D eigenvalue weighted by Crippen LogP contribution is -2.60. The van der Waals surface area contributed by atoms with E-state index in [0.717, 1.165) is 18.4 Å². The molecule has 3 saturated heterocycles. The second kappa shape index (κ2) is 10.6. The second-order valence-electron chi connectivity index (χ2n) is 9.97. The number of hydrogen-bond acceptors (Lipinski definition) is 5. The SMILES string of the molecule is Cc1cccc(C(=O)N2[C@@H](C(=O)NC[C@H]3CCCO3)COC23CCN(C(=O)c2ccccc2F)CC3)c1. The van der Waals surface area contributed by atoms with Crippen molar-refractivity contribution in [2.75, 3.05) is 32.8 Å². The second-order valence-corrected chi connectivity index (χ2v) is 9.97. The van der Waals surface area contributed by atoms with Crippen LogP contribution in [-0.4, -0.2) is 78.2 Å². The number of carbonyl (C=O) groups excluding carboxylic acids is 3. The van der Waals surface area contributed by atoms with E-state index < -0.39 is 23.5 Å². The molecule has 196 valence electrons. The fourth-order valence-electron chi connectivity index (χ4n) is 5.49. The summed E-state index contributed by atoms with van der Waals surface area (Å²) < 4.78 is 26.1. The van der Waals surface area contributed by atoms with Crippen molar-refractivity contribution in [1.82, 2.24) is 15.1 Å². The lowest BCUT2D eigenvalue weighted by atomic mass is 9.95. The summed E-state index contributed by atoms with van der Waals surface area (Å²) in [5.74, 6) is -1.52. The summed E-state index contributed by atoms with van der Waals surface area (Å²) >= 11 is 0. The Bertz CT molecular complexity index is 1170. The number of likely N-dealkylation sites (tertiary alicyclic amines) is 1. The van der Waals surface area contributed by atoms with Crippen molar-refractivity contribution in [3.8, 4) is 0 Å². The molecular formula is C28H32FN3O5. The highest BCUT2D eigenvalue weighted by molar-refractivity contribution is 5.99. The first kappa shape index (κ1) is 25.4. The number of halogens is 1. The van der Waals surface area contributed by atoms with Gasteiger partial charge in [0.2, 0.25) is 5.91 Å². The van der Waals surface area contributed by atoms with Crippen LogP contribution in [0.4, 0.5) is 4.39 Å². The molecule has 1 spiro atoms. The quantitative estimate of drug-likeness (QED) is 0.670. The highest BCUT2D eigenvalue weighted by atomic mass is 19.1. The van der Waals surface area contributed by atoms with E-state index in [1.165, 1.54) is 12.1 Å². The number of rotatable bonds is 5. The number of piperidine rings is 1. The van der Waals surface area contributed by atoms with Crippen molar-refractivity contribution in [3.05, 3.63) is 71.0 Å². The molecule has 0 radical (unpaired) electrons. The van der Waals surface area contributed by atoms with E-state index >= 15 is 0 Å². The summed E-state index contributed by atoms with van der Waals surface area (Å²) in [7, 11) is 0. The molecule has 0 aromatic heterocycles. The molecule has 3 fully saturated rings. The van der Waals surface area contributed by atoms with Crippen molar-refractivity contribution in [2.45, 2.75) is 50.5 Å². The fourth-order valence-corrected chi connectivity index (χ4v) is 5.49. The van der Waals surface area contributed by atoms with E-state index in [4.69, 9.17) is 9.47 Å². The Balaban J connectivity index is 1.36. The lowest BCUT2D eigenvalue weighted by Gasteiger charge is -2.44. The van der Waals surface area contributed by atoms with E-state index in [1.54, 1.807) is 34.1 Å². The third-order valence-corrected chi connectivity index (χ3v) is 7.51. The monoisotopic (exact) mass is 509 g/mol. The van der Waals surface area contributed by atoms with Crippen molar-refractivity contribution < 1.29 is 28.2 Å². The van der Waals surface area contributed by atoms with Crippen molar-refractivity contribution in [3.63, 3.8) is 0 Å². The van der Waals surface area contributed by atoms with Crippen LogP contribution >= 0.6 is 0 Å². The Labute approximate surface area is 215 Å². The van der Waals surface area contributed by atoms with Gasteiger partial charge in [-0.1, -0.05) is 29.8 Å². The molecule has 2 aromatic rings. The Morgan fingerprint density at radius 1 is 1.08 bits per heavy atom. The van der Waals surface area contributed by atoms with Crippen LogP contribution in [0.1, 0.15) is 52.0 Å². The lowest BCUT2D eigenvalue weighted by molar-refractivity contribution is -0.128. The molecule has 9 heteroatoms. The van der Waals surface area contributed by atoms with Gasteiger partial charge in [0, 0.05) is 44.6 Å². The van der Waals surface area contributed by atoms with Gasteiger partial charge in [-0.25, -0.2) is 4.39 Å². The summed E-state index contributed by atoms with van der Waals surface area (Å²) in [6.45, 7) is 3.60. The topological polar surface area (TPSA) is 88.2 Å². The van der Waals surface area contributed by atoms with Gasteiger partial charge in [-0.05, 0) is 44.0 Å². The molecule has 5 rings (SSSR count). The summed E-state index contributed by atoms with van der Waals surface area (Å²) in [6, 6.07) is 12.4. The smallest absolute Gasteiger partial charge is 0.256 e. The molecule has 0 unspecified atom stereocenters. The number of aryl methyl sites for hydroxylation is 1. The summed E-state index contributed by atoms with van der Waals surface area (Å²) in [5, 5.41) is 2.95. The maximum absolute atomic E-state index is 14.2. The van der Waals surface area contributed by atoms with Crippen LogP contribution < -0.4 is 5.32 Å². The van der Waals surface area contributed by atoms with Crippen molar-refractivity contribution in [1.29, 1.82) is 0 Å². The van der Waals surface area contributed by atoms with Gasteiger partial charge < -0.3 is 19.7 Å². The zero-order valence-electron chi connectivity index (χ0n) is 21.0. The van der Waals surface area contributed by atoms with Crippen LogP contribution in [-0.2, 0) is 14.3 Å². The zero-order valence-corrected chi connectivity index (χ0v) is 21.0. The summed E-state index contributed by atoms with van der Waals surface area (Å²) in [6.07, 6.45) is 2.48. The van der Waals surface area contributed by atoms with Gasteiger partial charge in [-0.3, -0.25) is 19.3 Å². The van der Waals surface area contributed by atoms with Gasteiger partial charge >= 0.3 is 0 Å². The molecule has 0 bridgehead atoms. The Morgan fingerprint density at radius 2 is 1.86 bits per heavy atom. The van der Waals surface area contributed by atoms with Gasteiger partial charge in [-0.2, -0.15) is 0 Å². The molecule has 2 atom stereocenters. The molecule has 3 heterocycles.